The molecule has 1 amide bonds. The molecule has 0 spiro atoms. The van der Waals surface area contributed by atoms with Crippen molar-refractivity contribution in [1.82, 2.24) is 9.47 Å². The summed E-state index contributed by atoms with van der Waals surface area (Å²) in [6.07, 6.45) is 0. The van der Waals surface area contributed by atoms with E-state index in [2.05, 4.69) is 0 Å². The number of methoxy groups -OCH3 is 1. The standard InChI is InChI=1S/C22H25N3O6S2/c1-3-25(16-4-6-17(30-2)7-5-16)33(28,29)18-8-9-19-20(14-18)32-22(27)24(19)15-21(26)23-10-12-31-13-11-23/h4-9,14H,3,10-13,15H2,1-2H3. The molecule has 0 aliphatic carbocycles. The van der Waals surface area contributed by atoms with Crippen LogP contribution in [0.1, 0.15) is 6.92 Å². The van der Waals surface area contributed by atoms with E-state index in [-0.39, 0.29) is 28.8 Å². The Kier molecular flexibility index (Phi) is 6.73. The smallest absolute Gasteiger partial charge is 0.308 e. The second-order valence-corrected chi connectivity index (χ2v) is 10.3. The Hall–Kier alpha value is -2.89. The molecule has 11 heteroatoms. The number of sulfonamides is 1. The highest BCUT2D eigenvalue weighted by Crippen LogP contribution is 2.28. The predicted octanol–water partition coefficient (Wildman–Crippen LogP) is 2.15. The van der Waals surface area contributed by atoms with Crippen molar-refractivity contribution in [2.75, 3.05) is 44.3 Å². The molecule has 3 aromatic rings. The van der Waals surface area contributed by atoms with Gasteiger partial charge in [-0.1, -0.05) is 11.3 Å². The molecule has 1 fully saturated rings. The Morgan fingerprint density at radius 1 is 1.15 bits per heavy atom. The summed E-state index contributed by atoms with van der Waals surface area (Å²) in [6.45, 7) is 3.86. The summed E-state index contributed by atoms with van der Waals surface area (Å²) >= 11 is 0.930. The number of rotatable bonds is 7. The van der Waals surface area contributed by atoms with Gasteiger partial charge in [-0.2, -0.15) is 0 Å². The molecule has 0 saturated carbocycles. The van der Waals surface area contributed by atoms with Crippen LogP contribution in [0.3, 0.4) is 0 Å². The molecule has 0 N–H and O–H groups in total. The van der Waals surface area contributed by atoms with Crippen LogP contribution in [0, 0.1) is 0 Å². The molecule has 9 nitrogen and oxygen atoms in total. The summed E-state index contributed by atoms with van der Waals surface area (Å²) < 4.78 is 40.4. The van der Waals surface area contributed by atoms with Crippen LogP contribution in [0.15, 0.2) is 52.2 Å². The van der Waals surface area contributed by atoms with E-state index in [1.807, 2.05) is 0 Å². The molecule has 33 heavy (non-hydrogen) atoms. The van der Waals surface area contributed by atoms with Gasteiger partial charge in [0.1, 0.15) is 12.3 Å². The number of anilines is 1. The van der Waals surface area contributed by atoms with Crippen LogP contribution in [0.2, 0.25) is 0 Å². The maximum Gasteiger partial charge on any atom is 0.308 e. The Labute approximate surface area is 195 Å². The zero-order chi connectivity index (χ0) is 23.6. The molecule has 0 bridgehead atoms. The van der Waals surface area contributed by atoms with E-state index in [4.69, 9.17) is 9.47 Å². The number of thiazole rings is 1. The Morgan fingerprint density at radius 3 is 2.48 bits per heavy atom. The number of carbonyl (C=O) groups excluding carboxylic acids is 1. The molecule has 176 valence electrons. The van der Waals surface area contributed by atoms with Crippen molar-refractivity contribution in [1.29, 1.82) is 0 Å². The minimum Gasteiger partial charge on any atom is -0.497 e. The van der Waals surface area contributed by atoms with Crippen molar-refractivity contribution in [3.05, 3.63) is 52.1 Å². The van der Waals surface area contributed by atoms with E-state index >= 15 is 0 Å². The number of amides is 1. The lowest BCUT2D eigenvalue weighted by molar-refractivity contribution is -0.135. The molecular weight excluding hydrogens is 466 g/mol. The number of benzene rings is 2. The number of hydrogen-bond donors (Lipinski definition) is 0. The summed E-state index contributed by atoms with van der Waals surface area (Å²) in [6, 6.07) is 11.3. The molecule has 0 atom stereocenters. The van der Waals surface area contributed by atoms with Crippen molar-refractivity contribution in [2.45, 2.75) is 18.4 Å². The van der Waals surface area contributed by atoms with Crippen LogP contribution in [-0.2, 0) is 26.1 Å². The first kappa shape index (κ1) is 23.3. The summed E-state index contributed by atoms with van der Waals surface area (Å²) in [7, 11) is -2.31. The van der Waals surface area contributed by atoms with Crippen LogP contribution in [0.25, 0.3) is 10.2 Å². The number of carbonyl (C=O) groups is 1. The molecule has 4 rings (SSSR count). The second kappa shape index (κ2) is 9.54. The number of nitrogens with zero attached hydrogens (tertiary/aromatic N) is 3. The highest BCUT2D eigenvalue weighted by atomic mass is 32.2. The van der Waals surface area contributed by atoms with Gasteiger partial charge in [0.15, 0.2) is 0 Å². The lowest BCUT2D eigenvalue weighted by Crippen LogP contribution is -2.43. The third-order valence-corrected chi connectivity index (χ3v) is 8.37. The number of ether oxygens (including phenoxy) is 2. The second-order valence-electron chi connectivity index (χ2n) is 7.44. The van der Waals surface area contributed by atoms with Gasteiger partial charge in [0, 0.05) is 19.6 Å². The van der Waals surface area contributed by atoms with Crippen LogP contribution >= 0.6 is 11.3 Å². The van der Waals surface area contributed by atoms with E-state index in [1.165, 1.54) is 21.0 Å². The first-order valence-electron chi connectivity index (χ1n) is 10.5. The van der Waals surface area contributed by atoms with Gasteiger partial charge in [0.05, 0.1) is 41.1 Å². The molecule has 1 aliphatic heterocycles. The lowest BCUT2D eigenvalue weighted by Gasteiger charge is -2.26. The topological polar surface area (TPSA) is 98.2 Å². The summed E-state index contributed by atoms with van der Waals surface area (Å²) in [5, 5.41) is 0. The molecule has 0 unspecified atom stereocenters. The first-order chi connectivity index (χ1) is 15.8. The average molecular weight is 492 g/mol. The van der Waals surface area contributed by atoms with E-state index in [1.54, 1.807) is 49.3 Å². The van der Waals surface area contributed by atoms with Gasteiger partial charge in [0.25, 0.3) is 10.0 Å². The van der Waals surface area contributed by atoms with Gasteiger partial charge in [0.2, 0.25) is 5.91 Å². The quantitative estimate of drug-likeness (QED) is 0.502. The molecule has 1 aromatic heterocycles. The third kappa shape index (κ3) is 4.61. The van der Waals surface area contributed by atoms with Crippen molar-refractivity contribution in [2.24, 2.45) is 0 Å². The Bertz CT molecular complexity index is 1310. The van der Waals surface area contributed by atoms with Gasteiger partial charge in [-0.25, -0.2) is 8.42 Å². The molecular formula is C22H25N3O6S2. The lowest BCUT2D eigenvalue weighted by atomic mass is 10.3. The van der Waals surface area contributed by atoms with Gasteiger partial charge in [-0.05, 0) is 49.4 Å². The van der Waals surface area contributed by atoms with E-state index in [0.717, 1.165) is 11.3 Å². The minimum atomic E-state index is -3.86. The Morgan fingerprint density at radius 2 is 1.85 bits per heavy atom. The van der Waals surface area contributed by atoms with Gasteiger partial charge < -0.3 is 14.4 Å². The fraction of sp³-hybridized carbons (Fsp3) is 0.364. The largest absolute Gasteiger partial charge is 0.497 e. The summed E-state index contributed by atoms with van der Waals surface area (Å²) in [5.74, 6) is 0.472. The van der Waals surface area contributed by atoms with Crippen molar-refractivity contribution in [3.8, 4) is 5.75 Å². The monoisotopic (exact) mass is 491 g/mol. The zero-order valence-electron chi connectivity index (χ0n) is 18.4. The van der Waals surface area contributed by atoms with Gasteiger partial charge >= 0.3 is 4.87 Å². The van der Waals surface area contributed by atoms with Crippen LogP contribution in [0.4, 0.5) is 5.69 Å². The molecule has 0 radical (unpaired) electrons. The van der Waals surface area contributed by atoms with Gasteiger partial charge in [-0.3, -0.25) is 18.5 Å². The molecule has 2 aromatic carbocycles. The molecule has 1 saturated heterocycles. The van der Waals surface area contributed by atoms with Crippen LogP contribution in [0.5, 0.6) is 5.75 Å². The normalized spacial score (nSPS) is 14.4. The van der Waals surface area contributed by atoms with E-state index in [0.29, 0.717) is 48.0 Å². The fourth-order valence-corrected chi connectivity index (χ4v) is 6.28. The zero-order valence-corrected chi connectivity index (χ0v) is 20.0. The Balaban J connectivity index is 1.64. The minimum absolute atomic E-state index is 0.0839. The number of morpholine rings is 1. The van der Waals surface area contributed by atoms with Crippen molar-refractivity contribution < 1.29 is 22.7 Å². The van der Waals surface area contributed by atoms with Crippen LogP contribution < -0.4 is 13.9 Å². The highest BCUT2D eigenvalue weighted by molar-refractivity contribution is 7.92. The van der Waals surface area contributed by atoms with E-state index in [9.17, 15) is 18.0 Å². The van der Waals surface area contributed by atoms with E-state index < -0.39 is 10.0 Å². The van der Waals surface area contributed by atoms with Gasteiger partial charge in [-0.15, -0.1) is 0 Å². The van der Waals surface area contributed by atoms with Crippen LogP contribution in [-0.4, -0.2) is 63.7 Å². The predicted molar refractivity (Wildman–Crippen MR) is 127 cm³/mol. The van der Waals surface area contributed by atoms with Crippen molar-refractivity contribution in [3.63, 3.8) is 0 Å². The number of hydrogen-bond acceptors (Lipinski definition) is 7. The molecule has 1 aliphatic rings. The maximum absolute atomic E-state index is 13.4. The summed E-state index contributed by atoms with van der Waals surface area (Å²) in [5.41, 5.74) is 1.05. The summed E-state index contributed by atoms with van der Waals surface area (Å²) in [4.78, 5) is 26.7. The SMILES string of the molecule is CCN(c1ccc(OC)cc1)S(=O)(=O)c1ccc2c(c1)sc(=O)n2CC(=O)N1CCOCC1. The molecule has 2 heterocycles. The maximum atomic E-state index is 13.4. The fourth-order valence-electron chi connectivity index (χ4n) is 3.77. The van der Waals surface area contributed by atoms with Crippen molar-refractivity contribution >= 4 is 43.2 Å². The highest BCUT2D eigenvalue weighted by Gasteiger charge is 2.25. The third-order valence-electron chi connectivity index (χ3n) is 5.53. The number of aromatic nitrogens is 1. The first-order valence-corrected chi connectivity index (χ1v) is 12.8. The number of fused-ring (bicyclic) bond motifs is 1. The average Bonchev–Trinajstić information content (AvgIpc) is 3.14.